The van der Waals surface area contributed by atoms with Crippen LogP contribution in [0.25, 0.3) is 0 Å². The van der Waals surface area contributed by atoms with Crippen molar-refractivity contribution in [1.29, 1.82) is 0 Å². The first-order valence-electron chi connectivity index (χ1n) is 6.55. The number of carbonyl (C=O) groups is 1. The number of benzene rings is 1. The van der Waals surface area contributed by atoms with Gasteiger partial charge in [0.05, 0.1) is 0 Å². The number of nitrogens with two attached hydrogens (primary N) is 1. The van der Waals surface area contributed by atoms with E-state index in [2.05, 4.69) is 28.7 Å². The molecule has 4 N–H and O–H groups in total. The van der Waals surface area contributed by atoms with Gasteiger partial charge < -0.3 is 20.9 Å². The molecule has 1 atom stereocenters. The van der Waals surface area contributed by atoms with E-state index in [0.717, 1.165) is 5.56 Å². The van der Waals surface area contributed by atoms with E-state index < -0.39 is 11.3 Å². The van der Waals surface area contributed by atoms with Crippen molar-refractivity contribution >= 4 is 41.1 Å². The molecule has 2 rings (SSSR count). The summed E-state index contributed by atoms with van der Waals surface area (Å²) in [6.45, 7) is 0.0999. The maximum atomic E-state index is 9.91. The zero-order chi connectivity index (χ0) is 17.1. The minimum atomic E-state index is -0.704. The van der Waals surface area contributed by atoms with Crippen molar-refractivity contribution in [3.05, 3.63) is 60.3 Å². The monoisotopic (exact) mass is 351 g/mol. The second kappa shape index (κ2) is 10.5. The zero-order valence-corrected chi connectivity index (χ0v) is 13.8. The molecule has 0 bridgehead atoms. The Kier molecular flexibility index (Phi) is 8.66. The highest BCUT2D eigenvalue weighted by molar-refractivity contribution is 7.96. The third-order valence-corrected chi connectivity index (χ3v) is 2.67. The van der Waals surface area contributed by atoms with E-state index in [9.17, 15) is 5.11 Å². The number of pyridine rings is 1. The lowest BCUT2D eigenvalue weighted by atomic mass is 10.1. The SMILES string of the molecule is NC(=O)S.OC(COC(=S)Nc1ccccn1)c1ccccc1. The fourth-order valence-electron chi connectivity index (χ4n) is 1.50. The summed E-state index contributed by atoms with van der Waals surface area (Å²) in [5, 5.41) is 12.3. The molecule has 2 aromatic rings. The lowest BCUT2D eigenvalue weighted by molar-refractivity contribution is 0.104. The summed E-state index contributed by atoms with van der Waals surface area (Å²) < 4.78 is 5.29. The van der Waals surface area contributed by atoms with Crippen molar-refractivity contribution in [2.45, 2.75) is 6.10 Å². The van der Waals surface area contributed by atoms with Crippen LogP contribution in [0.2, 0.25) is 0 Å². The summed E-state index contributed by atoms with van der Waals surface area (Å²) in [6, 6.07) is 14.7. The Morgan fingerprint density at radius 1 is 1.30 bits per heavy atom. The smallest absolute Gasteiger partial charge is 0.273 e. The van der Waals surface area contributed by atoms with Crippen molar-refractivity contribution in [1.82, 2.24) is 4.98 Å². The van der Waals surface area contributed by atoms with Gasteiger partial charge in [-0.25, -0.2) is 4.98 Å². The number of nitrogens with zero attached hydrogens (tertiary/aromatic N) is 1. The molecule has 0 aliphatic rings. The largest absolute Gasteiger partial charge is 0.468 e. The van der Waals surface area contributed by atoms with Gasteiger partial charge in [0.1, 0.15) is 18.5 Å². The topological polar surface area (TPSA) is 97.5 Å². The summed E-state index contributed by atoms with van der Waals surface area (Å²) in [6.07, 6.45) is 0.953. The Morgan fingerprint density at radius 3 is 2.48 bits per heavy atom. The molecule has 0 fully saturated rings. The molecule has 1 unspecified atom stereocenters. The van der Waals surface area contributed by atoms with Gasteiger partial charge in [-0.05, 0) is 29.9 Å². The van der Waals surface area contributed by atoms with Crippen molar-refractivity contribution in [2.75, 3.05) is 11.9 Å². The van der Waals surface area contributed by atoms with Gasteiger partial charge in [-0.15, -0.1) is 0 Å². The first-order chi connectivity index (χ1) is 11.0. The lowest BCUT2D eigenvalue weighted by Crippen LogP contribution is -2.18. The highest BCUT2D eigenvalue weighted by Crippen LogP contribution is 2.12. The van der Waals surface area contributed by atoms with Crippen LogP contribution in [0.4, 0.5) is 10.6 Å². The molecule has 0 saturated carbocycles. The van der Waals surface area contributed by atoms with Crippen LogP contribution in [0.3, 0.4) is 0 Å². The molecule has 0 saturated heterocycles. The second-order valence-corrected chi connectivity index (χ2v) is 5.01. The molecule has 0 aliphatic carbocycles. The van der Waals surface area contributed by atoms with Crippen LogP contribution in [0.1, 0.15) is 11.7 Å². The standard InChI is InChI=1S/C14H14N2O2S.CH3NOS/c17-12(11-6-2-1-3-7-11)10-18-14(19)16-13-8-4-5-9-15-13;2-1(3)4/h1-9,12,17H,10H2,(H,15,16,19);(H3,2,3,4). The molecule has 0 aliphatic heterocycles. The Bertz CT molecular complexity index is 608. The Balaban J connectivity index is 0.000000593. The van der Waals surface area contributed by atoms with Gasteiger partial charge in [-0.2, -0.15) is 0 Å². The molecule has 23 heavy (non-hydrogen) atoms. The normalized spacial score (nSPS) is 10.7. The third-order valence-electron chi connectivity index (χ3n) is 2.45. The average Bonchev–Trinajstić information content (AvgIpc) is 2.54. The number of carbonyl (C=O) groups excluding carboxylic acids is 1. The third kappa shape index (κ3) is 8.77. The van der Waals surface area contributed by atoms with Crippen LogP contribution in [-0.4, -0.2) is 27.1 Å². The number of hydrogen-bond acceptors (Lipinski definition) is 5. The Labute approximate surface area is 145 Å². The molecule has 0 spiro atoms. The number of anilines is 1. The molecule has 122 valence electrons. The van der Waals surface area contributed by atoms with E-state index in [0.29, 0.717) is 5.82 Å². The number of aromatic nitrogens is 1. The van der Waals surface area contributed by atoms with Crippen LogP contribution in [0.5, 0.6) is 0 Å². The van der Waals surface area contributed by atoms with E-state index in [1.807, 2.05) is 42.5 Å². The van der Waals surface area contributed by atoms with Crippen molar-refractivity contribution < 1.29 is 14.6 Å². The Morgan fingerprint density at radius 2 is 1.91 bits per heavy atom. The summed E-state index contributed by atoms with van der Waals surface area (Å²) >= 11 is 8.12. The molecule has 1 heterocycles. The van der Waals surface area contributed by atoms with Gasteiger partial charge in [0.15, 0.2) is 0 Å². The van der Waals surface area contributed by atoms with E-state index in [4.69, 9.17) is 21.7 Å². The quantitative estimate of drug-likeness (QED) is 0.499. The first kappa shape index (κ1) is 18.9. The van der Waals surface area contributed by atoms with Gasteiger partial charge in [-0.3, -0.25) is 4.79 Å². The van der Waals surface area contributed by atoms with Gasteiger partial charge in [0.2, 0.25) is 0 Å². The maximum Gasteiger partial charge on any atom is 0.273 e. The van der Waals surface area contributed by atoms with Crippen LogP contribution >= 0.6 is 24.8 Å². The van der Waals surface area contributed by atoms with Crippen LogP contribution < -0.4 is 11.1 Å². The zero-order valence-electron chi connectivity index (χ0n) is 12.1. The number of aliphatic hydroxyl groups excluding tert-OH is 1. The lowest BCUT2D eigenvalue weighted by Gasteiger charge is -2.13. The van der Waals surface area contributed by atoms with Crippen LogP contribution in [-0.2, 0) is 4.74 Å². The minimum Gasteiger partial charge on any atom is -0.468 e. The summed E-state index contributed by atoms with van der Waals surface area (Å²) in [5.74, 6) is 0.613. The molecule has 1 aromatic heterocycles. The number of rotatable bonds is 4. The minimum absolute atomic E-state index is 0.0999. The van der Waals surface area contributed by atoms with Crippen LogP contribution in [0.15, 0.2) is 54.7 Å². The van der Waals surface area contributed by atoms with Gasteiger partial charge >= 0.3 is 0 Å². The predicted octanol–water partition coefficient (Wildman–Crippen LogP) is 2.52. The number of thiocarbonyl (C=S) groups is 1. The van der Waals surface area contributed by atoms with E-state index in [-0.39, 0.29) is 11.8 Å². The number of ether oxygens (including phenoxy) is 1. The number of amides is 1. The van der Waals surface area contributed by atoms with Crippen molar-refractivity contribution in [2.24, 2.45) is 5.73 Å². The summed E-state index contributed by atoms with van der Waals surface area (Å²) in [5.41, 5.74) is 5.13. The fourth-order valence-corrected chi connectivity index (χ4v) is 1.68. The fraction of sp³-hybridized carbons (Fsp3) is 0.133. The number of thiol groups is 1. The molecule has 1 aromatic carbocycles. The molecular formula is C15H17N3O3S2. The van der Waals surface area contributed by atoms with Crippen LogP contribution in [0, 0.1) is 0 Å². The number of nitrogens with one attached hydrogen (secondary N) is 1. The van der Waals surface area contributed by atoms with Gasteiger partial charge in [-0.1, -0.05) is 49.0 Å². The highest BCUT2D eigenvalue weighted by atomic mass is 32.1. The number of primary amides is 1. The predicted molar refractivity (Wildman–Crippen MR) is 96.4 cm³/mol. The molecule has 1 amide bonds. The number of aliphatic hydroxyl groups is 1. The van der Waals surface area contributed by atoms with Crippen molar-refractivity contribution in [3.63, 3.8) is 0 Å². The number of hydrogen-bond donors (Lipinski definition) is 4. The van der Waals surface area contributed by atoms with E-state index >= 15 is 0 Å². The first-order valence-corrected chi connectivity index (χ1v) is 7.41. The average molecular weight is 351 g/mol. The van der Waals surface area contributed by atoms with Gasteiger partial charge in [0, 0.05) is 6.20 Å². The highest BCUT2D eigenvalue weighted by Gasteiger charge is 2.09. The molecular weight excluding hydrogens is 334 g/mol. The summed E-state index contributed by atoms with van der Waals surface area (Å²) in [7, 11) is 0. The van der Waals surface area contributed by atoms with E-state index in [1.54, 1.807) is 12.3 Å². The van der Waals surface area contributed by atoms with Crippen molar-refractivity contribution in [3.8, 4) is 0 Å². The molecule has 6 nitrogen and oxygen atoms in total. The second-order valence-electron chi connectivity index (χ2n) is 4.20. The molecule has 8 heteroatoms. The summed E-state index contributed by atoms with van der Waals surface area (Å²) in [4.78, 5) is 13.1. The Hall–Kier alpha value is -2.16. The molecule has 0 radical (unpaired) electrons. The van der Waals surface area contributed by atoms with Gasteiger partial charge in [0.25, 0.3) is 10.4 Å². The maximum absolute atomic E-state index is 9.91. The van der Waals surface area contributed by atoms with E-state index in [1.165, 1.54) is 0 Å².